The minimum atomic E-state index is -0.295. The molecular formula is C11H14N2. The predicted molar refractivity (Wildman–Crippen MR) is 56.5 cm³/mol. The minimum absolute atomic E-state index is 0.295. The van der Waals surface area contributed by atoms with Gasteiger partial charge in [-0.2, -0.15) is 0 Å². The first-order chi connectivity index (χ1) is 6.15. The van der Waals surface area contributed by atoms with Crippen molar-refractivity contribution in [2.45, 2.75) is 6.04 Å². The van der Waals surface area contributed by atoms with E-state index in [1.165, 1.54) is 0 Å². The Bertz CT molecular complexity index is 306. The lowest BCUT2D eigenvalue weighted by Gasteiger charge is -2.13. The van der Waals surface area contributed by atoms with E-state index in [9.17, 15) is 0 Å². The first kappa shape index (κ1) is 9.63. The molecule has 0 unspecified atom stereocenters. The number of hydrogen-bond donors (Lipinski definition) is 1. The molecule has 1 rings (SSSR count). The molecule has 2 N–H and O–H groups in total. The van der Waals surface area contributed by atoms with E-state index < -0.39 is 0 Å². The number of benzene rings is 1. The standard InChI is InChI=1S/C11H14N2/c1-4-11(12)9-5-7-10(8-6-9)13(2)3/h1,5-8,11H,12H2,2-3H3/t11-/m1/s1. The highest BCUT2D eigenvalue weighted by atomic mass is 15.1. The number of hydrogen-bond acceptors (Lipinski definition) is 2. The topological polar surface area (TPSA) is 29.3 Å². The summed E-state index contributed by atoms with van der Waals surface area (Å²) in [6, 6.07) is 7.63. The van der Waals surface area contributed by atoms with Crippen LogP contribution in [0.1, 0.15) is 11.6 Å². The zero-order valence-electron chi connectivity index (χ0n) is 7.99. The molecular weight excluding hydrogens is 160 g/mol. The molecule has 1 atom stereocenters. The van der Waals surface area contributed by atoms with Crippen LogP contribution in [-0.2, 0) is 0 Å². The molecule has 0 aliphatic rings. The molecule has 0 bridgehead atoms. The Morgan fingerprint density at radius 2 is 1.85 bits per heavy atom. The monoisotopic (exact) mass is 174 g/mol. The van der Waals surface area contributed by atoms with Crippen LogP contribution in [0, 0.1) is 12.3 Å². The van der Waals surface area contributed by atoms with Gasteiger partial charge in [-0.05, 0) is 17.7 Å². The largest absolute Gasteiger partial charge is 0.378 e. The molecule has 2 nitrogen and oxygen atoms in total. The summed E-state index contributed by atoms with van der Waals surface area (Å²) in [7, 11) is 3.99. The molecule has 0 heterocycles. The summed E-state index contributed by atoms with van der Waals surface area (Å²) in [5.41, 5.74) is 7.80. The van der Waals surface area contributed by atoms with E-state index in [2.05, 4.69) is 5.92 Å². The molecule has 0 aliphatic heterocycles. The van der Waals surface area contributed by atoms with Crippen LogP contribution in [0.3, 0.4) is 0 Å². The molecule has 0 saturated carbocycles. The molecule has 2 heteroatoms. The van der Waals surface area contributed by atoms with Crippen LogP contribution in [0.4, 0.5) is 5.69 Å². The van der Waals surface area contributed by atoms with Gasteiger partial charge in [0.1, 0.15) is 0 Å². The van der Waals surface area contributed by atoms with Gasteiger partial charge in [-0.15, -0.1) is 6.42 Å². The van der Waals surface area contributed by atoms with E-state index in [-0.39, 0.29) is 6.04 Å². The molecule has 1 aromatic rings. The lowest BCUT2D eigenvalue weighted by molar-refractivity contribution is 0.945. The van der Waals surface area contributed by atoms with Crippen LogP contribution < -0.4 is 10.6 Å². The summed E-state index contributed by atoms with van der Waals surface area (Å²) in [5, 5.41) is 0. The van der Waals surface area contributed by atoms with Gasteiger partial charge in [0.25, 0.3) is 0 Å². The molecule has 13 heavy (non-hydrogen) atoms. The first-order valence-corrected chi connectivity index (χ1v) is 4.14. The molecule has 0 radical (unpaired) electrons. The average molecular weight is 174 g/mol. The zero-order valence-corrected chi connectivity index (χ0v) is 7.99. The summed E-state index contributed by atoms with van der Waals surface area (Å²) in [5.74, 6) is 2.49. The van der Waals surface area contributed by atoms with Crippen molar-refractivity contribution >= 4 is 5.69 Å². The third-order valence-corrected chi connectivity index (χ3v) is 1.95. The van der Waals surface area contributed by atoms with E-state index in [0.717, 1.165) is 11.3 Å². The predicted octanol–water partition coefficient (Wildman–Crippen LogP) is 1.39. The van der Waals surface area contributed by atoms with Gasteiger partial charge in [-0.25, -0.2) is 0 Å². The fraction of sp³-hybridized carbons (Fsp3) is 0.273. The van der Waals surface area contributed by atoms with Gasteiger partial charge in [0, 0.05) is 19.8 Å². The van der Waals surface area contributed by atoms with Crippen molar-refractivity contribution in [1.29, 1.82) is 0 Å². The van der Waals surface area contributed by atoms with Gasteiger partial charge in [0.2, 0.25) is 0 Å². The van der Waals surface area contributed by atoms with Gasteiger partial charge >= 0.3 is 0 Å². The molecule has 0 amide bonds. The van der Waals surface area contributed by atoms with Gasteiger partial charge in [0.15, 0.2) is 0 Å². The molecule has 0 aromatic heterocycles. The van der Waals surface area contributed by atoms with E-state index in [0.29, 0.717) is 0 Å². The summed E-state index contributed by atoms with van der Waals surface area (Å²) in [6.45, 7) is 0. The van der Waals surface area contributed by atoms with Gasteiger partial charge in [0.05, 0.1) is 6.04 Å². The fourth-order valence-electron chi connectivity index (χ4n) is 1.08. The van der Waals surface area contributed by atoms with E-state index >= 15 is 0 Å². The molecule has 1 aromatic carbocycles. The lowest BCUT2D eigenvalue weighted by Crippen LogP contribution is -2.10. The molecule has 0 fully saturated rings. The maximum Gasteiger partial charge on any atom is 0.0918 e. The summed E-state index contributed by atoms with van der Waals surface area (Å²) < 4.78 is 0. The Hall–Kier alpha value is -1.46. The Kier molecular flexibility index (Phi) is 2.94. The Balaban J connectivity index is 2.89. The zero-order chi connectivity index (χ0) is 9.84. The summed E-state index contributed by atoms with van der Waals surface area (Å²) >= 11 is 0. The number of rotatable bonds is 2. The van der Waals surface area contributed by atoms with E-state index in [4.69, 9.17) is 12.2 Å². The lowest BCUT2D eigenvalue weighted by atomic mass is 10.1. The number of anilines is 1. The highest BCUT2D eigenvalue weighted by molar-refractivity contribution is 5.47. The van der Waals surface area contributed by atoms with Crippen molar-refractivity contribution in [2.24, 2.45) is 5.73 Å². The van der Waals surface area contributed by atoms with Gasteiger partial charge in [-0.3, -0.25) is 0 Å². The van der Waals surface area contributed by atoms with Gasteiger partial charge < -0.3 is 10.6 Å². The molecule has 0 saturated heterocycles. The van der Waals surface area contributed by atoms with E-state index in [1.807, 2.05) is 43.3 Å². The number of nitrogens with zero attached hydrogens (tertiary/aromatic N) is 1. The molecule has 68 valence electrons. The van der Waals surface area contributed by atoms with Crippen molar-refractivity contribution in [3.8, 4) is 12.3 Å². The van der Waals surface area contributed by atoms with Gasteiger partial charge in [-0.1, -0.05) is 18.1 Å². The maximum absolute atomic E-state index is 5.67. The van der Waals surface area contributed by atoms with Crippen LogP contribution >= 0.6 is 0 Å². The SMILES string of the molecule is C#C[C@@H](N)c1ccc(N(C)C)cc1. The Morgan fingerprint density at radius 3 is 2.23 bits per heavy atom. The van der Waals surface area contributed by atoms with Crippen LogP contribution in [0.2, 0.25) is 0 Å². The van der Waals surface area contributed by atoms with Crippen LogP contribution in [0.5, 0.6) is 0 Å². The second kappa shape index (κ2) is 3.97. The Morgan fingerprint density at radius 1 is 1.31 bits per heavy atom. The van der Waals surface area contributed by atoms with Crippen molar-refractivity contribution in [3.63, 3.8) is 0 Å². The maximum atomic E-state index is 5.67. The normalized spacial score (nSPS) is 11.8. The van der Waals surface area contributed by atoms with E-state index in [1.54, 1.807) is 0 Å². The smallest absolute Gasteiger partial charge is 0.0918 e. The van der Waals surface area contributed by atoms with Crippen molar-refractivity contribution in [2.75, 3.05) is 19.0 Å². The molecule has 0 spiro atoms. The Labute approximate surface area is 79.4 Å². The second-order valence-corrected chi connectivity index (χ2v) is 3.13. The second-order valence-electron chi connectivity index (χ2n) is 3.13. The highest BCUT2D eigenvalue weighted by Crippen LogP contribution is 2.15. The first-order valence-electron chi connectivity index (χ1n) is 4.14. The quantitative estimate of drug-likeness (QED) is 0.686. The van der Waals surface area contributed by atoms with Crippen LogP contribution in [0.15, 0.2) is 24.3 Å². The van der Waals surface area contributed by atoms with Crippen molar-refractivity contribution in [1.82, 2.24) is 0 Å². The highest BCUT2D eigenvalue weighted by Gasteiger charge is 2.01. The third kappa shape index (κ3) is 2.24. The average Bonchev–Trinajstić information content (AvgIpc) is 2.17. The van der Waals surface area contributed by atoms with Crippen LogP contribution in [0.25, 0.3) is 0 Å². The van der Waals surface area contributed by atoms with Crippen molar-refractivity contribution < 1.29 is 0 Å². The summed E-state index contributed by atoms with van der Waals surface area (Å²) in [4.78, 5) is 2.03. The third-order valence-electron chi connectivity index (χ3n) is 1.95. The summed E-state index contributed by atoms with van der Waals surface area (Å²) in [6.07, 6.45) is 5.22. The van der Waals surface area contributed by atoms with Crippen molar-refractivity contribution in [3.05, 3.63) is 29.8 Å². The number of nitrogens with two attached hydrogens (primary N) is 1. The minimum Gasteiger partial charge on any atom is -0.378 e. The molecule has 0 aliphatic carbocycles. The fourth-order valence-corrected chi connectivity index (χ4v) is 1.08. The van der Waals surface area contributed by atoms with Crippen LogP contribution in [-0.4, -0.2) is 14.1 Å². The number of terminal acetylenes is 1.